The van der Waals surface area contributed by atoms with Gasteiger partial charge < -0.3 is 10.1 Å². The second-order valence-corrected chi connectivity index (χ2v) is 6.70. The molecular formula is C19H13N3O4S. The maximum absolute atomic E-state index is 12.7. The van der Waals surface area contributed by atoms with Crippen LogP contribution in [0.25, 0.3) is 15.9 Å². The summed E-state index contributed by atoms with van der Waals surface area (Å²) in [5.74, 6) is -0.976. The predicted octanol–water partition coefficient (Wildman–Crippen LogP) is 2.95. The molecule has 1 aromatic carbocycles. The fourth-order valence-corrected chi connectivity index (χ4v) is 3.65. The number of rotatable bonds is 3. The predicted molar refractivity (Wildman–Crippen MR) is 103 cm³/mol. The van der Waals surface area contributed by atoms with Crippen molar-refractivity contribution < 1.29 is 14.3 Å². The smallest absolute Gasteiger partial charge is 0.339 e. The highest BCUT2D eigenvalue weighted by Gasteiger charge is 2.18. The van der Waals surface area contributed by atoms with Crippen LogP contribution in [0.2, 0.25) is 0 Å². The van der Waals surface area contributed by atoms with Crippen LogP contribution < -0.4 is 10.9 Å². The summed E-state index contributed by atoms with van der Waals surface area (Å²) in [5, 5.41) is 3.07. The number of hydrogen-bond donors (Lipinski definition) is 1. The van der Waals surface area contributed by atoms with E-state index in [-0.39, 0.29) is 11.1 Å². The molecule has 0 aliphatic heterocycles. The average Bonchev–Trinajstić information content (AvgIpc) is 3.12. The van der Waals surface area contributed by atoms with Crippen molar-refractivity contribution in [3.05, 3.63) is 75.5 Å². The molecule has 0 saturated heterocycles. The van der Waals surface area contributed by atoms with E-state index in [0.717, 1.165) is 11.3 Å². The monoisotopic (exact) mass is 379 g/mol. The van der Waals surface area contributed by atoms with E-state index in [1.54, 1.807) is 48.7 Å². The van der Waals surface area contributed by atoms with E-state index in [1.165, 1.54) is 17.6 Å². The van der Waals surface area contributed by atoms with E-state index in [2.05, 4.69) is 10.3 Å². The summed E-state index contributed by atoms with van der Waals surface area (Å²) < 4.78 is 6.16. The second-order valence-electron chi connectivity index (χ2n) is 5.67. The molecule has 0 bridgehead atoms. The molecule has 0 fully saturated rings. The third-order valence-electron chi connectivity index (χ3n) is 4.02. The van der Waals surface area contributed by atoms with E-state index >= 15 is 0 Å². The van der Waals surface area contributed by atoms with Crippen LogP contribution in [0, 0.1) is 0 Å². The van der Waals surface area contributed by atoms with Crippen molar-refractivity contribution in [1.82, 2.24) is 9.38 Å². The molecule has 0 aliphatic carbocycles. The number of hydrogen-bond acceptors (Lipinski definition) is 6. The van der Waals surface area contributed by atoms with Crippen LogP contribution >= 0.6 is 11.3 Å². The fraction of sp³-hybridized carbons (Fsp3) is 0.0526. The number of nitrogens with one attached hydrogen (secondary N) is 1. The van der Waals surface area contributed by atoms with Crippen molar-refractivity contribution in [2.45, 2.75) is 0 Å². The van der Waals surface area contributed by atoms with Gasteiger partial charge in [0.1, 0.15) is 10.5 Å². The summed E-state index contributed by atoms with van der Waals surface area (Å²) in [7, 11) is 1.27. The Morgan fingerprint density at radius 1 is 1.15 bits per heavy atom. The minimum Gasteiger partial charge on any atom is -0.465 e. The molecule has 0 unspecified atom stereocenters. The number of aromatic nitrogens is 2. The first-order chi connectivity index (χ1) is 13.1. The highest BCUT2D eigenvalue weighted by Crippen LogP contribution is 2.24. The number of amides is 1. The molecular weight excluding hydrogens is 366 g/mol. The summed E-state index contributed by atoms with van der Waals surface area (Å²) in [6, 6.07) is 13.3. The van der Waals surface area contributed by atoms with Gasteiger partial charge in [-0.15, -0.1) is 11.3 Å². The second kappa shape index (κ2) is 6.65. The van der Waals surface area contributed by atoms with Crippen molar-refractivity contribution in [2.75, 3.05) is 12.4 Å². The number of carbonyl (C=O) groups excluding carboxylic acids is 2. The first-order valence-corrected chi connectivity index (χ1v) is 8.80. The number of thiophene rings is 1. The fourth-order valence-electron chi connectivity index (χ4n) is 2.72. The Hall–Kier alpha value is -3.52. The number of ether oxygens (including phenoxy) is 1. The Bertz CT molecular complexity index is 1260. The van der Waals surface area contributed by atoms with Gasteiger partial charge in [-0.2, -0.15) is 0 Å². The molecule has 0 radical (unpaired) electrons. The first kappa shape index (κ1) is 16.9. The molecule has 0 atom stereocenters. The minimum atomic E-state index is -0.548. The highest BCUT2D eigenvalue weighted by molar-refractivity contribution is 7.20. The van der Waals surface area contributed by atoms with Gasteiger partial charge in [0.05, 0.1) is 28.6 Å². The van der Waals surface area contributed by atoms with Gasteiger partial charge in [-0.3, -0.25) is 14.0 Å². The molecule has 8 heteroatoms. The Morgan fingerprint density at radius 3 is 2.74 bits per heavy atom. The van der Waals surface area contributed by atoms with Gasteiger partial charge in [-0.25, -0.2) is 9.78 Å². The quantitative estimate of drug-likeness (QED) is 0.553. The molecule has 134 valence electrons. The van der Waals surface area contributed by atoms with Crippen molar-refractivity contribution in [1.29, 1.82) is 0 Å². The molecule has 1 amide bonds. The molecule has 4 aromatic rings. The summed E-state index contributed by atoms with van der Waals surface area (Å²) in [6.45, 7) is 0. The van der Waals surface area contributed by atoms with Gasteiger partial charge in [0.2, 0.25) is 0 Å². The van der Waals surface area contributed by atoms with E-state index in [4.69, 9.17) is 4.74 Å². The number of fused-ring (bicyclic) bond motifs is 2. The third kappa shape index (κ3) is 2.96. The molecule has 1 N–H and O–H groups in total. The van der Waals surface area contributed by atoms with Crippen LogP contribution in [0.3, 0.4) is 0 Å². The topological polar surface area (TPSA) is 89.8 Å². The maximum Gasteiger partial charge on any atom is 0.339 e. The Kier molecular flexibility index (Phi) is 4.17. The number of esters is 1. The zero-order chi connectivity index (χ0) is 19.0. The summed E-state index contributed by atoms with van der Waals surface area (Å²) in [4.78, 5) is 42.4. The van der Waals surface area contributed by atoms with E-state index in [0.29, 0.717) is 26.4 Å². The van der Waals surface area contributed by atoms with Crippen molar-refractivity contribution in [2.24, 2.45) is 0 Å². The van der Waals surface area contributed by atoms with Crippen LogP contribution in [-0.2, 0) is 4.74 Å². The number of nitrogens with zero attached hydrogens (tertiary/aromatic N) is 2. The van der Waals surface area contributed by atoms with Crippen LogP contribution in [0.15, 0.2) is 59.5 Å². The van der Waals surface area contributed by atoms with Crippen molar-refractivity contribution in [3.8, 4) is 0 Å². The molecule has 4 rings (SSSR count). The van der Waals surface area contributed by atoms with Crippen molar-refractivity contribution >= 4 is 44.8 Å². The van der Waals surface area contributed by atoms with Gasteiger partial charge >= 0.3 is 5.97 Å². The first-order valence-electron chi connectivity index (χ1n) is 7.98. The standard InChI is InChI=1S/C19H13N3O4S/c1-26-19(25)11-6-2-3-7-13(11)20-16(23)14-10-12-17(27-14)21-15-8-4-5-9-22(15)18(12)24/h2-10H,1H3,(H,20,23). The van der Waals surface area contributed by atoms with E-state index in [1.807, 2.05) is 0 Å². The lowest BCUT2D eigenvalue weighted by molar-refractivity contribution is 0.0602. The number of anilines is 1. The average molecular weight is 379 g/mol. The lowest BCUT2D eigenvalue weighted by atomic mass is 10.2. The Balaban J connectivity index is 1.74. The van der Waals surface area contributed by atoms with Crippen molar-refractivity contribution in [3.63, 3.8) is 0 Å². The van der Waals surface area contributed by atoms with E-state index in [9.17, 15) is 14.4 Å². The third-order valence-corrected chi connectivity index (χ3v) is 5.05. The van der Waals surface area contributed by atoms with Gasteiger partial charge in [0, 0.05) is 6.20 Å². The molecule has 0 saturated carbocycles. The minimum absolute atomic E-state index is 0.235. The molecule has 3 heterocycles. The number of benzene rings is 1. The van der Waals surface area contributed by atoms with E-state index < -0.39 is 11.9 Å². The molecule has 0 aliphatic rings. The molecule has 7 nitrogen and oxygen atoms in total. The summed E-state index contributed by atoms with van der Waals surface area (Å²) in [6.07, 6.45) is 1.63. The van der Waals surface area contributed by atoms with Gasteiger partial charge in [0.25, 0.3) is 11.5 Å². The number of para-hydroxylation sites is 1. The molecule has 0 spiro atoms. The lowest BCUT2D eigenvalue weighted by Gasteiger charge is -2.08. The molecule has 27 heavy (non-hydrogen) atoms. The Morgan fingerprint density at radius 2 is 1.93 bits per heavy atom. The SMILES string of the molecule is COC(=O)c1ccccc1NC(=O)c1cc2c(=O)n3ccccc3nc2s1. The maximum atomic E-state index is 12.7. The number of pyridine rings is 1. The zero-order valence-corrected chi connectivity index (χ0v) is 14.9. The highest BCUT2D eigenvalue weighted by atomic mass is 32.1. The van der Waals surface area contributed by atoms with Gasteiger partial charge in [-0.1, -0.05) is 18.2 Å². The van der Waals surface area contributed by atoms with Gasteiger partial charge in [-0.05, 0) is 30.3 Å². The zero-order valence-electron chi connectivity index (χ0n) is 14.1. The van der Waals surface area contributed by atoms with Crippen LogP contribution in [-0.4, -0.2) is 28.4 Å². The Labute approximate surface area is 156 Å². The lowest BCUT2D eigenvalue weighted by Crippen LogP contribution is -2.15. The largest absolute Gasteiger partial charge is 0.465 e. The van der Waals surface area contributed by atoms with Crippen LogP contribution in [0.4, 0.5) is 5.69 Å². The molecule has 3 aromatic heterocycles. The number of carbonyl (C=O) groups is 2. The number of methoxy groups -OCH3 is 1. The van der Waals surface area contributed by atoms with Crippen LogP contribution in [0.5, 0.6) is 0 Å². The summed E-state index contributed by atoms with van der Waals surface area (Å²) >= 11 is 1.12. The summed E-state index contributed by atoms with van der Waals surface area (Å²) in [5.41, 5.74) is 0.862. The van der Waals surface area contributed by atoms with Gasteiger partial charge in [0.15, 0.2) is 0 Å². The van der Waals surface area contributed by atoms with Crippen LogP contribution in [0.1, 0.15) is 20.0 Å². The normalized spacial score (nSPS) is 10.9.